The molecule has 0 saturated carbocycles. The Bertz CT molecular complexity index is 784. The molecule has 0 aliphatic rings. The highest BCUT2D eigenvalue weighted by molar-refractivity contribution is 6.35. The number of halogens is 1. The molecule has 0 unspecified atom stereocenters. The summed E-state index contributed by atoms with van der Waals surface area (Å²) in [6.45, 7) is 0. The lowest BCUT2D eigenvalue weighted by molar-refractivity contribution is 0.102. The molecule has 0 spiro atoms. The predicted octanol–water partition coefficient (Wildman–Crippen LogP) is 2.45. The third-order valence-corrected chi connectivity index (χ3v) is 3.10. The number of carbonyl (C=O) groups excluding carboxylic acids is 1. The summed E-state index contributed by atoms with van der Waals surface area (Å²) in [6, 6.07) is 9.08. The molecule has 20 heavy (non-hydrogen) atoms. The van der Waals surface area contributed by atoms with Crippen molar-refractivity contribution in [2.75, 3.05) is 11.1 Å². The first-order valence-corrected chi connectivity index (χ1v) is 6.19. The first-order chi connectivity index (χ1) is 9.66. The molecule has 4 N–H and O–H groups in total. The van der Waals surface area contributed by atoms with Crippen molar-refractivity contribution in [3.05, 3.63) is 47.2 Å². The molecule has 0 atom stereocenters. The van der Waals surface area contributed by atoms with Crippen LogP contribution < -0.4 is 11.1 Å². The topological polar surface area (TPSA) is 96.7 Å². The maximum atomic E-state index is 12.2. The zero-order valence-electron chi connectivity index (χ0n) is 10.2. The smallest absolute Gasteiger partial charge is 0.274 e. The molecule has 0 aliphatic carbocycles. The Morgan fingerprint density at radius 1 is 1.30 bits per heavy atom. The fourth-order valence-corrected chi connectivity index (χ4v) is 2.08. The van der Waals surface area contributed by atoms with E-state index in [1.165, 1.54) is 6.20 Å². The van der Waals surface area contributed by atoms with Crippen molar-refractivity contribution in [2.24, 2.45) is 0 Å². The molecule has 100 valence electrons. The van der Waals surface area contributed by atoms with E-state index < -0.39 is 0 Å². The summed E-state index contributed by atoms with van der Waals surface area (Å²) in [4.78, 5) is 16.2. The van der Waals surface area contributed by atoms with Gasteiger partial charge >= 0.3 is 0 Å². The molecule has 0 saturated heterocycles. The van der Waals surface area contributed by atoms with Crippen LogP contribution in [-0.4, -0.2) is 21.1 Å². The van der Waals surface area contributed by atoms with Crippen LogP contribution >= 0.6 is 11.6 Å². The number of fused-ring (bicyclic) bond motifs is 1. The van der Waals surface area contributed by atoms with Gasteiger partial charge in [-0.05, 0) is 12.1 Å². The SMILES string of the molecule is Nc1ncc(Cl)c2n[nH]c(C(=O)Nc3ccccc3)c12. The lowest BCUT2D eigenvalue weighted by Gasteiger charge is -2.04. The standard InChI is InChI=1S/C13H10ClN5O/c14-8-6-16-12(15)9-10(8)18-19-11(9)13(20)17-7-4-2-1-3-5-7/h1-6H,(H2,15,16)(H,17,20)(H,18,19). The summed E-state index contributed by atoms with van der Waals surface area (Å²) in [5.41, 5.74) is 7.13. The van der Waals surface area contributed by atoms with Gasteiger partial charge in [0, 0.05) is 5.69 Å². The van der Waals surface area contributed by atoms with Crippen molar-refractivity contribution in [3.63, 3.8) is 0 Å². The fraction of sp³-hybridized carbons (Fsp3) is 0. The van der Waals surface area contributed by atoms with Crippen LogP contribution in [0.5, 0.6) is 0 Å². The van der Waals surface area contributed by atoms with Crippen LogP contribution in [0.15, 0.2) is 36.5 Å². The second kappa shape index (κ2) is 4.82. The summed E-state index contributed by atoms with van der Waals surface area (Å²) in [5, 5.41) is 10.2. The molecule has 2 aromatic heterocycles. The second-order valence-corrected chi connectivity index (χ2v) is 4.54. The number of nitrogens with two attached hydrogens (primary N) is 1. The Morgan fingerprint density at radius 3 is 2.80 bits per heavy atom. The van der Waals surface area contributed by atoms with Crippen molar-refractivity contribution >= 4 is 39.9 Å². The fourth-order valence-electron chi connectivity index (χ4n) is 1.90. The average Bonchev–Trinajstić information content (AvgIpc) is 2.90. The van der Waals surface area contributed by atoms with Crippen LogP contribution in [0.3, 0.4) is 0 Å². The Balaban J connectivity index is 2.02. The van der Waals surface area contributed by atoms with Gasteiger partial charge in [0.05, 0.1) is 16.6 Å². The Labute approximate surface area is 119 Å². The monoisotopic (exact) mass is 287 g/mol. The minimum Gasteiger partial charge on any atom is -0.383 e. The van der Waals surface area contributed by atoms with Crippen LogP contribution in [-0.2, 0) is 0 Å². The van der Waals surface area contributed by atoms with Gasteiger partial charge in [0.2, 0.25) is 0 Å². The van der Waals surface area contributed by atoms with Crippen LogP contribution in [0.1, 0.15) is 10.5 Å². The van der Waals surface area contributed by atoms with Gasteiger partial charge < -0.3 is 11.1 Å². The highest BCUT2D eigenvalue weighted by atomic mass is 35.5. The van der Waals surface area contributed by atoms with Gasteiger partial charge in [-0.15, -0.1) is 0 Å². The van der Waals surface area contributed by atoms with E-state index in [0.29, 0.717) is 21.6 Å². The van der Waals surface area contributed by atoms with Gasteiger partial charge in [0.1, 0.15) is 17.0 Å². The summed E-state index contributed by atoms with van der Waals surface area (Å²) in [5.74, 6) is -0.147. The number of rotatable bonds is 2. The number of pyridine rings is 1. The molecule has 6 nitrogen and oxygen atoms in total. The molecule has 0 bridgehead atoms. The van der Waals surface area contributed by atoms with Crippen LogP contribution in [0.25, 0.3) is 10.9 Å². The lowest BCUT2D eigenvalue weighted by atomic mass is 10.2. The van der Waals surface area contributed by atoms with E-state index >= 15 is 0 Å². The van der Waals surface area contributed by atoms with Gasteiger partial charge in [0.15, 0.2) is 0 Å². The molecular weight excluding hydrogens is 278 g/mol. The number of benzene rings is 1. The number of anilines is 2. The second-order valence-electron chi connectivity index (χ2n) is 4.13. The number of amides is 1. The normalized spacial score (nSPS) is 10.7. The van der Waals surface area contributed by atoms with Crippen LogP contribution in [0.4, 0.5) is 11.5 Å². The van der Waals surface area contributed by atoms with Gasteiger partial charge in [-0.3, -0.25) is 9.89 Å². The maximum Gasteiger partial charge on any atom is 0.274 e. The van der Waals surface area contributed by atoms with Crippen molar-refractivity contribution in [1.82, 2.24) is 15.2 Å². The summed E-state index contributed by atoms with van der Waals surface area (Å²) < 4.78 is 0. The van der Waals surface area contributed by atoms with Gasteiger partial charge in [-0.25, -0.2) is 4.98 Å². The Hall–Kier alpha value is -2.60. The number of H-pyrrole nitrogens is 1. The number of hydrogen-bond donors (Lipinski definition) is 3. The number of para-hydroxylation sites is 1. The number of aromatic nitrogens is 3. The number of aromatic amines is 1. The number of nitrogens with one attached hydrogen (secondary N) is 2. The summed E-state index contributed by atoms with van der Waals surface area (Å²) in [7, 11) is 0. The van der Waals surface area contributed by atoms with Crippen molar-refractivity contribution in [3.8, 4) is 0 Å². The highest BCUT2D eigenvalue weighted by Gasteiger charge is 2.18. The molecule has 0 radical (unpaired) electrons. The van der Waals surface area contributed by atoms with Crippen molar-refractivity contribution < 1.29 is 4.79 Å². The van der Waals surface area contributed by atoms with Gasteiger partial charge in [-0.1, -0.05) is 29.8 Å². The zero-order chi connectivity index (χ0) is 14.1. The first kappa shape index (κ1) is 12.4. The molecule has 0 fully saturated rings. The number of nitrogens with zero attached hydrogens (tertiary/aromatic N) is 2. The summed E-state index contributed by atoms with van der Waals surface area (Å²) in [6.07, 6.45) is 1.40. The van der Waals surface area contributed by atoms with Crippen molar-refractivity contribution in [2.45, 2.75) is 0 Å². The molecule has 2 heterocycles. The number of nitrogen functional groups attached to an aromatic ring is 1. The van der Waals surface area contributed by atoms with E-state index in [9.17, 15) is 4.79 Å². The van der Waals surface area contributed by atoms with Gasteiger partial charge in [0.25, 0.3) is 5.91 Å². The molecular formula is C13H10ClN5O. The molecule has 1 amide bonds. The lowest BCUT2D eigenvalue weighted by Crippen LogP contribution is -2.13. The zero-order valence-corrected chi connectivity index (χ0v) is 11.0. The Morgan fingerprint density at radius 2 is 2.05 bits per heavy atom. The highest BCUT2D eigenvalue weighted by Crippen LogP contribution is 2.27. The predicted molar refractivity (Wildman–Crippen MR) is 77.7 cm³/mol. The molecule has 3 aromatic rings. The van der Waals surface area contributed by atoms with E-state index in [1.807, 2.05) is 18.2 Å². The van der Waals surface area contributed by atoms with E-state index in [2.05, 4.69) is 20.5 Å². The molecule has 0 aliphatic heterocycles. The quantitative estimate of drug-likeness (QED) is 0.674. The van der Waals surface area contributed by atoms with Crippen molar-refractivity contribution in [1.29, 1.82) is 0 Å². The van der Waals surface area contributed by atoms with E-state index in [4.69, 9.17) is 17.3 Å². The van der Waals surface area contributed by atoms with E-state index in [1.54, 1.807) is 12.1 Å². The number of carbonyl (C=O) groups is 1. The van der Waals surface area contributed by atoms with E-state index in [0.717, 1.165) is 0 Å². The minimum absolute atomic E-state index is 0.205. The Kier molecular flexibility index (Phi) is 3.00. The number of hydrogen-bond acceptors (Lipinski definition) is 4. The van der Waals surface area contributed by atoms with Crippen LogP contribution in [0, 0.1) is 0 Å². The molecule has 7 heteroatoms. The maximum absolute atomic E-state index is 12.2. The minimum atomic E-state index is -0.352. The third kappa shape index (κ3) is 2.06. The van der Waals surface area contributed by atoms with Crippen LogP contribution in [0.2, 0.25) is 5.02 Å². The first-order valence-electron chi connectivity index (χ1n) is 5.81. The van der Waals surface area contributed by atoms with E-state index in [-0.39, 0.29) is 17.4 Å². The molecule has 3 rings (SSSR count). The molecule has 1 aromatic carbocycles. The average molecular weight is 288 g/mol. The third-order valence-electron chi connectivity index (χ3n) is 2.82. The summed E-state index contributed by atoms with van der Waals surface area (Å²) >= 11 is 5.97. The largest absolute Gasteiger partial charge is 0.383 e. The van der Waals surface area contributed by atoms with Gasteiger partial charge in [-0.2, -0.15) is 5.10 Å².